The van der Waals surface area contributed by atoms with Crippen molar-refractivity contribution in [2.45, 2.75) is 119 Å². The number of nitrogens with zero attached hydrogens (tertiary/aromatic N) is 8. The van der Waals surface area contributed by atoms with Crippen molar-refractivity contribution in [1.82, 2.24) is 19.1 Å². The van der Waals surface area contributed by atoms with Crippen molar-refractivity contribution in [2.24, 2.45) is 0 Å². The Labute approximate surface area is 944 Å². The molecule has 148 heavy (non-hydrogen) atoms. The summed E-state index contributed by atoms with van der Waals surface area (Å²) >= 11 is 0. The first kappa shape index (κ1) is 67.3. The van der Waals surface area contributed by atoms with Crippen molar-refractivity contribution in [3.63, 3.8) is 0 Å². The van der Waals surface area contributed by atoms with Gasteiger partial charge < -0.3 is 28.7 Å². The first-order valence-corrected chi connectivity index (χ1v) is 48.2. The molecule has 24 rings (SSSR count). The van der Waals surface area contributed by atoms with E-state index in [1.54, 1.807) is 67.3 Å². The van der Waals surface area contributed by atoms with Crippen LogP contribution in [0.3, 0.4) is 0 Å². The van der Waals surface area contributed by atoms with Crippen molar-refractivity contribution in [2.75, 3.05) is 19.6 Å². The van der Waals surface area contributed by atoms with Crippen molar-refractivity contribution < 1.29 is 86.0 Å². The van der Waals surface area contributed by atoms with Gasteiger partial charge in [-0.1, -0.05) is 356 Å². The van der Waals surface area contributed by atoms with E-state index in [1.165, 1.54) is 4.90 Å². The smallest absolute Gasteiger partial charge is 0.135 e. The maximum atomic E-state index is 10.2. The molecule has 18 aromatic carbocycles. The molecule has 10 heteroatoms. The van der Waals surface area contributed by atoms with E-state index >= 15 is 0 Å². The summed E-state index contributed by atoms with van der Waals surface area (Å²) in [6.45, 7) is 29.8. The monoisotopic (exact) mass is 2310 g/mol. The topological polar surface area (TPSA) is 48.6 Å². The number of hydrogen-bond donors (Lipinski definition) is 0. The number of pyridine rings is 2. The fourth-order valence-electron chi connectivity index (χ4n) is 20.5. The number of fused-ring (bicyclic) bond motifs is 8. The van der Waals surface area contributed by atoms with Crippen LogP contribution in [0.2, 0.25) is 0 Å². The van der Waals surface area contributed by atoms with Gasteiger partial charge >= 0.3 is 0 Å². The summed E-state index contributed by atoms with van der Waals surface area (Å²) < 4.78 is 296. The quantitative estimate of drug-likeness (QED) is 0.0752. The van der Waals surface area contributed by atoms with Gasteiger partial charge in [0.2, 0.25) is 0 Å². The Morgan fingerprint density at radius 3 is 1.14 bits per heavy atom. The van der Waals surface area contributed by atoms with Crippen molar-refractivity contribution in [3.05, 3.63) is 528 Å². The summed E-state index contributed by atoms with van der Waals surface area (Å²) in [7, 11) is 0. The van der Waals surface area contributed by atoms with Crippen LogP contribution in [0.1, 0.15) is 172 Å². The second-order valence-electron chi connectivity index (χ2n) is 39.3. The molecule has 6 heterocycles. The van der Waals surface area contributed by atoms with E-state index in [-0.39, 0.29) is 109 Å². The first-order chi connectivity index (χ1) is 84.3. The van der Waals surface area contributed by atoms with Gasteiger partial charge in [0.15, 0.2) is 0 Å². The minimum atomic E-state index is -0.857. The normalized spacial score (nSPS) is 15.5. The van der Waals surface area contributed by atoms with E-state index in [0.29, 0.717) is 47.0 Å². The molecule has 8 nitrogen and oxygen atoms in total. The Bertz CT molecular complexity index is 10500. The summed E-state index contributed by atoms with van der Waals surface area (Å²) in [5, 5.41) is 4.08. The van der Waals surface area contributed by atoms with Gasteiger partial charge in [0.05, 0.1) is 43.9 Å². The molecule has 0 bridgehead atoms. The molecule has 0 N–H and O–H groups in total. The fraction of sp³-hybridized carbons (Fsp3) is 0.130. The minimum absolute atomic E-state index is 0. The van der Waals surface area contributed by atoms with Crippen LogP contribution in [0, 0.1) is 72.2 Å². The minimum Gasteiger partial charge on any atom is -0.493 e. The molecule has 0 saturated carbocycles. The van der Waals surface area contributed by atoms with Crippen LogP contribution in [0.4, 0.5) is 45.5 Å². The Balaban J connectivity index is 0.000000200. The number of rotatable bonds is 19. The average Bonchev–Trinajstić information content (AvgIpc) is 1.29. The Kier molecular flexibility index (Phi) is 18.5. The summed E-state index contributed by atoms with van der Waals surface area (Å²) in [6.07, 6.45) is 4.40. The molecule has 22 aromatic rings. The summed E-state index contributed by atoms with van der Waals surface area (Å²) in [6, 6.07) is 61.3. The van der Waals surface area contributed by atoms with E-state index in [1.807, 2.05) is 108 Å². The zero-order valence-corrected chi connectivity index (χ0v) is 87.7. The van der Waals surface area contributed by atoms with E-state index in [9.17, 15) is 16.4 Å². The molecule has 0 spiro atoms. The van der Waals surface area contributed by atoms with Gasteiger partial charge in [0.1, 0.15) is 11.6 Å². The van der Waals surface area contributed by atoms with E-state index in [2.05, 4.69) is 201 Å². The third-order valence-corrected chi connectivity index (χ3v) is 27.4. The third-order valence-electron chi connectivity index (χ3n) is 27.4. The van der Waals surface area contributed by atoms with Crippen molar-refractivity contribution >= 4 is 89.1 Å². The summed E-state index contributed by atoms with van der Waals surface area (Å²) in [5.74, 6) is 1.50. The number of aryl methyl sites for hydroxylation is 3. The second kappa shape index (κ2) is 40.7. The van der Waals surface area contributed by atoms with Crippen LogP contribution in [0.5, 0.6) is 0 Å². The molecule has 0 aliphatic carbocycles. The van der Waals surface area contributed by atoms with Crippen LogP contribution < -0.4 is 19.6 Å². The Morgan fingerprint density at radius 1 is 0.297 bits per heavy atom. The van der Waals surface area contributed by atoms with E-state index in [4.69, 9.17) is 37.4 Å². The third kappa shape index (κ3) is 18.6. The predicted molar refractivity (Wildman–Crippen MR) is 612 cm³/mol. The number of aromatic nitrogens is 4. The van der Waals surface area contributed by atoms with E-state index < -0.39 is 232 Å². The van der Waals surface area contributed by atoms with Gasteiger partial charge in [0.25, 0.3) is 0 Å². The zero-order chi connectivity index (χ0) is 128. The summed E-state index contributed by atoms with van der Waals surface area (Å²) in [4.78, 5) is 16.7. The molecule has 0 saturated heterocycles. The molecule has 0 atom stereocenters. The predicted octanol–water partition coefficient (Wildman–Crippen LogP) is 35.7. The molecule has 732 valence electrons. The molecule has 0 radical (unpaired) electrons. The van der Waals surface area contributed by atoms with Gasteiger partial charge in [-0.05, 0) is 231 Å². The van der Waals surface area contributed by atoms with Crippen molar-refractivity contribution in [3.8, 4) is 89.5 Å². The van der Waals surface area contributed by atoms with Gasteiger partial charge in [0, 0.05) is 127 Å². The zero-order valence-electron chi connectivity index (χ0n) is 115. The standard InChI is InChI=1S/C70H59N4.C68H55N4.2Pt/c1-45-36-46(2)65(47(3)37-45)55-39-51(38-50-32-33-59-58-28-18-19-29-60(58)74(63(59)41-50)64-43-56(34-35-71-64)70(6,7)8)40-57(42-55)72-44-73(62-31-21-20-30-61(62)72)69-67(53-24-14-10-15-25-53)48(4)66(52-22-12-9-13-23-52)49(5)68(69)54-26-16-11-17-27-54;1-67(2,3)55-39-48(38-47-34-35-58-57-30-18-19-31-61(57)72(64(58)41-47)65-45-54(36-37-69-65)68(4,5)53-28-16-9-17-29-53)40-56(44-55)70-46-71(63-33-21-20-32-62(63)70)66-59(50-24-12-7-13-25-50)42-52(49-22-10-6-11-23-49)43-60(66)51-26-14-8-15-27-51;;/h9-37,39,42-44H,38H2,1-8H3;6-37,39,42-46H,38H2,1-5H3;;/q2*-3;;/i9D,10D,11D,12D,13D,14D,15D,16D,17D,22D,23D,24D,25D,26D,27D;6D,7D,8D,10D,11D,12D,13D,14D,15D,22D,23D,24D,25D,26D,27D,42D,43D;;. The van der Waals surface area contributed by atoms with Crippen LogP contribution in [0.25, 0.3) is 133 Å². The second-order valence-corrected chi connectivity index (χ2v) is 39.3. The Morgan fingerprint density at radius 2 is 0.682 bits per heavy atom. The average molecular weight is 2310 g/mol. The van der Waals surface area contributed by atoms with Gasteiger partial charge in [-0.15, -0.1) is 53.2 Å². The largest absolute Gasteiger partial charge is 0.493 e. The SMILES string of the molecule is [2H]c1c([2H])c([2H])c(-c2c(C)c(-c3c([2H])c([2H])c([2H])c([2H])c3[2H])c(N3[CH-]N(c4[c-]c(Cc5[c-]c6c(cc5)c5ccccc5n6-c5cc(C(C)(C)C)ccn5)cc(-c5c(C)cc(C)cc5C)c4)c4ccccc43)c(-c3c([2H])c([2H])c([2H])c([2H])c3[2H])c2C)c([2H])c1[2H].[2H]c1c([2H])c([2H])c(-c2c([2H])c(-c3c([2H])c([2H])c([2H])c([2H])c3[2H])c(N3[CH-]N(c4[c-]c(Cc5[c-]c6c(cc5)c5ccccc5n6-c5cc(C(C)(C)c6ccccc6)ccn5)cc(C(C)(C)C)c4)c4ccccc43)c(-c3c([2H])c([2H])c([2H])c([2H])c3[2H])c2[2H])c([2H])c1[2H].[Pt].[Pt]. The molecule has 2 aliphatic heterocycles. The number of benzene rings is 18. The van der Waals surface area contributed by atoms with Crippen LogP contribution in [-0.4, -0.2) is 19.1 Å². The van der Waals surface area contributed by atoms with Crippen LogP contribution in [-0.2, 0) is 71.2 Å². The number of anilines is 8. The molecular weight excluding hydrogens is 2160 g/mol. The van der Waals surface area contributed by atoms with Crippen LogP contribution >= 0.6 is 0 Å². The molecule has 4 aromatic heterocycles. The molecular formula is C138H114N8Pt2-6. The fourth-order valence-corrected chi connectivity index (χ4v) is 20.5. The number of hydrogen-bond acceptors (Lipinski definition) is 6. The van der Waals surface area contributed by atoms with Crippen LogP contribution in [0.15, 0.2) is 418 Å². The summed E-state index contributed by atoms with van der Waals surface area (Å²) in [5.41, 5.74) is 13.1. The molecule has 0 fully saturated rings. The molecule has 0 amide bonds. The molecule has 0 unspecified atom stereocenters. The maximum absolute atomic E-state index is 10.2. The number of para-hydroxylation sites is 6. The first-order valence-electron chi connectivity index (χ1n) is 64.2. The van der Waals surface area contributed by atoms with Gasteiger partial charge in [-0.2, -0.15) is 88.5 Å². The molecule has 2 aliphatic rings. The van der Waals surface area contributed by atoms with Gasteiger partial charge in [-0.3, -0.25) is 0 Å². The van der Waals surface area contributed by atoms with Crippen molar-refractivity contribution in [1.29, 1.82) is 0 Å². The van der Waals surface area contributed by atoms with Gasteiger partial charge in [-0.25, -0.2) is 9.97 Å². The Hall–Kier alpha value is -15.6. The maximum Gasteiger partial charge on any atom is 0.135 e. The van der Waals surface area contributed by atoms with E-state index in [0.717, 1.165) is 128 Å².